The molecule has 0 unspecified atom stereocenters. The number of nitrogens with zero attached hydrogens (tertiary/aromatic N) is 1. The first kappa shape index (κ1) is 12.0. The van der Waals surface area contributed by atoms with E-state index in [1.165, 1.54) is 7.11 Å². The summed E-state index contributed by atoms with van der Waals surface area (Å²) in [4.78, 5) is 4.84. The number of nitrogens with one attached hydrogen (secondary N) is 1. The molecule has 0 aromatic heterocycles. The molecule has 2 rings (SSSR count). The van der Waals surface area contributed by atoms with Gasteiger partial charge in [-0.1, -0.05) is 11.6 Å². The lowest BCUT2D eigenvalue weighted by molar-refractivity contribution is 0.138. The number of hydrogen-bond donors (Lipinski definition) is 1. The summed E-state index contributed by atoms with van der Waals surface area (Å²) in [5, 5.41) is 9.49. The smallest absolute Gasteiger partial charge is 0.142 e. The Balaban J connectivity index is 2.57. The van der Waals surface area contributed by atoms with E-state index in [1.54, 1.807) is 0 Å². The van der Waals surface area contributed by atoms with Gasteiger partial charge in [-0.15, -0.1) is 0 Å². The molecule has 1 heterocycles. The van der Waals surface area contributed by atoms with Gasteiger partial charge in [0, 0.05) is 12.0 Å². The van der Waals surface area contributed by atoms with Crippen molar-refractivity contribution in [3.63, 3.8) is 0 Å². The van der Waals surface area contributed by atoms with E-state index < -0.39 is 0 Å². The largest absolute Gasteiger partial charge is 0.486 e. The Morgan fingerprint density at radius 3 is 2.88 bits per heavy atom. The maximum absolute atomic E-state index is 9.16. The Hall–Kier alpha value is -1.44. The number of hydrogen-bond acceptors (Lipinski definition) is 4. The number of rotatable bonds is 2. The first-order chi connectivity index (χ1) is 7.98. The van der Waals surface area contributed by atoms with Crippen LogP contribution in [0.2, 0.25) is 5.02 Å². The number of nitriles is 1. The van der Waals surface area contributed by atoms with Crippen molar-refractivity contribution in [1.82, 2.24) is 0 Å². The van der Waals surface area contributed by atoms with Gasteiger partial charge in [-0.05, 0) is 19.9 Å². The highest BCUT2D eigenvalue weighted by atomic mass is 35.5. The zero-order chi connectivity index (χ0) is 12.6. The number of anilines is 1. The molecule has 1 aromatic rings. The Bertz CT molecular complexity index is 506. The van der Waals surface area contributed by atoms with Crippen LogP contribution >= 0.6 is 11.6 Å². The highest BCUT2D eigenvalue weighted by Crippen LogP contribution is 2.43. The molecule has 0 fully saturated rings. The zero-order valence-corrected chi connectivity index (χ0v) is 10.7. The molecule has 0 amide bonds. The monoisotopic (exact) mass is 252 g/mol. The van der Waals surface area contributed by atoms with Gasteiger partial charge in [0.2, 0.25) is 0 Å². The zero-order valence-electron chi connectivity index (χ0n) is 9.93. The van der Waals surface area contributed by atoms with Crippen LogP contribution in [-0.4, -0.2) is 12.7 Å². The van der Waals surface area contributed by atoms with Crippen LogP contribution in [0.4, 0.5) is 5.69 Å². The molecule has 5 heteroatoms. The SMILES string of the molecule is CONc1cc2c(c(C#N)c1Cl)OC(C)(C)C2. The van der Waals surface area contributed by atoms with E-state index in [1.807, 2.05) is 19.9 Å². The van der Waals surface area contributed by atoms with Gasteiger partial charge in [-0.2, -0.15) is 5.26 Å². The first-order valence-electron chi connectivity index (χ1n) is 5.22. The van der Waals surface area contributed by atoms with Crippen LogP contribution in [0, 0.1) is 11.3 Å². The van der Waals surface area contributed by atoms with Crippen molar-refractivity contribution in [3.05, 3.63) is 22.2 Å². The molecule has 0 saturated heterocycles. The maximum atomic E-state index is 9.16. The molecular formula is C12H13ClN2O2. The molecule has 1 aromatic carbocycles. The predicted octanol–water partition coefficient (Wildman–Crippen LogP) is 2.90. The average molecular weight is 253 g/mol. The molecule has 1 N–H and O–H groups in total. The van der Waals surface area contributed by atoms with E-state index >= 15 is 0 Å². The summed E-state index contributed by atoms with van der Waals surface area (Å²) < 4.78 is 5.75. The molecule has 90 valence electrons. The van der Waals surface area contributed by atoms with Crippen LogP contribution in [-0.2, 0) is 11.3 Å². The fourth-order valence-electron chi connectivity index (χ4n) is 2.00. The maximum Gasteiger partial charge on any atom is 0.142 e. The van der Waals surface area contributed by atoms with Crippen LogP contribution in [0.1, 0.15) is 25.0 Å². The lowest BCUT2D eigenvalue weighted by Gasteiger charge is -2.17. The van der Waals surface area contributed by atoms with E-state index in [4.69, 9.17) is 26.4 Å². The molecule has 0 spiro atoms. The van der Waals surface area contributed by atoms with Gasteiger partial charge in [0.15, 0.2) is 0 Å². The van der Waals surface area contributed by atoms with E-state index in [2.05, 4.69) is 11.5 Å². The fourth-order valence-corrected chi connectivity index (χ4v) is 2.22. The normalized spacial score (nSPS) is 15.9. The summed E-state index contributed by atoms with van der Waals surface area (Å²) in [6.07, 6.45) is 0.743. The minimum Gasteiger partial charge on any atom is -0.486 e. The van der Waals surface area contributed by atoms with Crippen LogP contribution in [0.5, 0.6) is 5.75 Å². The standard InChI is InChI=1S/C12H13ClN2O2/c1-12(2)5-7-4-9(15-16-3)10(13)8(6-14)11(7)17-12/h4,15H,5H2,1-3H3. The summed E-state index contributed by atoms with van der Waals surface area (Å²) in [7, 11) is 1.50. The van der Waals surface area contributed by atoms with Gasteiger partial charge in [0.25, 0.3) is 0 Å². The minimum atomic E-state index is -0.303. The van der Waals surface area contributed by atoms with Crippen molar-refractivity contribution >= 4 is 17.3 Å². The van der Waals surface area contributed by atoms with Crippen LogP contribution in [0.25, 0.3) is 0 Å². The average Bonchev–Trinajstić information content (AvgIpc) is 2.54. The Labute approximate surface area is 105 Å². The van der Waals surface area contributed by atoms with Crippen molar-refractivity contribution < 1.29 is 9.57 Å². The number of ether oxygens (including phenoxy) is 1. The number of fused-ring (bicyclic) bond motifs is 1. The quantitative estimate of drug-likeness (QED) is 0.823. The van der Waals surface area contributed by atoms with E-state index in [-0.39, 0.29) is 5.60 Å². The first-order valence-corrected chi connectivity index (χ1v) is 5.60. The number of halogens is 1. The van der Waals surface area contributed by atoms with E-state index in [9.17, 15) is 0 Å². The molecule has 1 aliphatic heterocycles. The van der Waals surface area contributed by atoms with Crippen LogP contribution in [0.15, 0.2) is 6.07 Å². The third-order valence-corrected chi connectivity index (χ3v) is 3.00. The van der Waals surface area contributed by atoms with Gasteiger partial charge in [0.05, 0.1) is 17.8 Å². The molecule has 1 aliphatic rings. The van der Waals surface area contributed by atoms with Gasteiger partial charge in [0.1, 0.15) is 23.0 Å². The molecule has 0 saturated carbocycles. The molecule has 17 heavy (non-hydrogen) atoms. The Morgan fingerprint density at radius 2 is 2.29 bits per heavy atom. The Morgan fingerprint density at radius 1 is 1.59 bits per heavy atom. The summed E-state index contributed by atoms with van der Waals surface area (Å²) in [6, 6.07) is 3.94. The Kier molecular flexibility index (Phi) is 2.90. The van der Waals surface area contributed by atoms with Crippen molar-refractivity contribution in [2.45, 2.75) is 25.9 Å². The summed E-state index contributed by atoms with van der Waals surface area (Å²) in [5.74, 6) is 0.587. The molecule has 0 aliphatic carbocycles. The topological polar surface area (TPSA) is 54.3 Å². The molecule has 0 radical (unpaired) electrons. The molecule has 0 atom stereocenters. The number of benzene rings is 1. The van der Waals surface area contributed by atoms with Crippen molar-refractivity contribution in [2.24, 2.45) is 0 Å². The molecule has 0 bridgehead atoms. The highest BCUT2D eigenvalue weighted by Gasteiger charge is 2.34. The summed E-state index contributed by atoms with van der Waals surface area (Å²) >= 11 is 6.12. The fraction of sp³-hybridized carbons (Fsp3) is 0.417. The van der Waals surface area contributed by atoms with Gasteiger partial charge in [-0.25, -0.2) is 0 Å². The van der Waals surface area contributed by atoms with Gasteiger partial charge in [-0.3, -0.25) is 10.3 Å². The molecular weight excluding hydrogens is 240 g/mol. The van der Waals surface area contributed by atoms with E-state index in [0.29, 0.717) is 22.0 Å². The second kappa shape index (κ2) is 4.10. The van der Waals surface area contributed by atoms with Gasteiger partial charge < -0.3 is 4.74 Å². The second-order valence-corrected chi connectivity index (χ2v) is 4.94. The lowest BCUT2D eigenvalue weighted by Crippen LogP contribution is -2.24. The van der Waals surface area contributed by atoms with Gasteiger partial charge >= 0.3 is 0 Å². The summed E-state index contributed by atoms with van der Waals surface area (Å²) in [5.41, 5.74) is 4.28. The third kappa shape index (κ3) is 2.04. The van der Waals surface area contributed by atoms with Crippen LogP contribution in [0.3, 0.4) is 0 Å². The van der Waals surface area contributed by atoms with Crippen molar-refractivity contribution in [1.29, 1.82) is 5.26 Å². The highest BCUT2D eigenvalue weighted by molar-refractivity contribution is 6.34. The third-order valence-electron chi connectivity index (χ3n) is 2.61. The minimum absolute atomic E-state index is 0.303. The lowest BCUT2D eigenvalue weighted by atomic mass is 10.00. The predicted molar refractivity (Wildman–Crippen MR) is 65.2 cm³/mol. The summed E-state index contributed by atoms with van der Waals surface area (Å²) in [6.45, 7) is 3.96. The van der Waals surface area contributed by atoms with E-state index in [0.717, 1.165) is 12.0 Å². The second-order valence-electron chi connectivity index (χ2n) is 4.56. The van der Waals surface area contributed by atoms with Crippen molar-refractivity contribution in [2.75, 3.05) is 12.6 Å². The van der Waals surface area contributed by atoms with Crippen LogP contribution < -0.4 is 10.2 Å². The molecule has 4 nitrogen and oxygen atoms in total. The van der Waals surface area contributed by atoms with Crippen molar-refractivity contribution in [3.8, 4) is 11.8 Å².